The van der Waals surface area contributed by atoms with Gasteiger partial charge in [-0.15, -0.1) is 0 Å². The molecule has 0 heterocycles. The van der Waals surface area contributed by atoms with Crippen LogP contribution in [0, 0.1) is 18.6 Å². The van der Waals surface area contributed by atoms with Crippen molar-refractivity contribution in [3.05, 3.63) is 112 Å². The molecule has 0 unspecified atom stereocenters. The van der Waals surface area contributed by atoms with Gasteiger partial charge in [-0.1, -0.05) is 35.9 Å². The third kappa shape index (κ3) is 10.6. The van der Waals surface area contributed by atoms with E-state index in [4.69, 9.17) is 26.2 Å². The van der Waals surface area contributed by atoms with Crippen molar-refractivity contribution in [2.24, 2.45) is 0 Å². The monoisotopic (exact) mass is 687 g/mol. The van der Waals surface area contributed by atoms with E-state index in [0.29, 0.717) is 28.4 Å². The SMILES string of the molecule is Cc1c(NS(C)(=O)=O)cccc1N(Cc1ccc(Oc2ccc(Cl)c(OCC(=O)NCCC(=O)O)c2)cc1)Cc1ccc(F)cc1F. The Morgan fingerprint density at radius 3 is 2.36 bits per heavy atom. The summed E-state index contributed by atoms with van der Waals surface area (Å²) in [5.74, 6) is -1.89. The van der Waals surface area contributed by atoms with E-state index in [1.807, 2.05) is 17.0 Å². The van der Waals surface area contributed by atoms with E-state index in [1.54, 1.807) is 49.4 Å². The van der Waals surface area contributed by atoms with Gasteiger partial charge in [0.25, 0.3) is 5.91 Å². The number of aliphatic carboxylic acids is 1. The minimum atomic E-state index is -3.56. The van der Waals surface area contributed by atoms with Crippen LogP contribution in [0.2, 0.25) is 5.02 Å². The maximum Gasteiger partial charge on any atom is 0.305 e. The molecule has 0 aliphatic rings. The number of hydrogen-bond donors (Lipinski definition) is 3. The smallest absolute Gasteiger partial charge is 0.305 e. The molecule has 0 saturated heterocycles. The van der Waals surface area contributed by atoms with Gasteiger partial charge in [0, 0.05) is 43.0 Å². The number of carbonyl (C=O) groups excluding carboxylic acids is 1. The molecule has 10 nitrogen and oxygen atoms in total. The molecule has 47 heavy (non-hydrogen) atoms. The highest BCUT2D eigenvalue weighted by molar-refractivity contribution is 7.92. The van der Waals surface area contributed by atoms with Crippen LogP contribution in [0.1, 0.15) is 23.1 Å². The van der Waals surface area contributed by atoms with E-state index in [1.165, 1.54) is 18.2 Å². The second kappa shape index (κ2) is 15.6. The van der Waals surface area contributed by atoms with Crippen molar-refractivity contribution >= 4 is 44.9 Å². The van der Waals surface area contributed by atoms with E-state index in [-0.39, 0.29) is 49.0 Å². The van der Waals surface area contributed by atoms with Gasteiger partial charge in [0.1, 0.15) is 28.9 Å². The van der Waals surface area contributed by atoms with E-state index in [2.05, 4.69) is 10.0 Å². The molecule has 0 aliphatic heterocycles. The first kappa shape index (κ1) is 35.0. The van der Waals surface area contributed by atoms with Crippen LogP contribution in [0.25, 0.3) is 0 Å². The molecule has 0 aromatic heterocycles. The first-order chi connectivity index (χ1) is 22.3. The Morgan fingerprint density at radius 1 is 0.957 bits per heavy atom. The van der Waals surface area contributed by atoms with Gasteiger partial charge < -0.3 is 24.8 Å². The van der Waals surface area contributed by atoms with E-state index in [0.717, 1.165) is 17.9 Å². The molecule has 0 saturated carbocycles. The number of carboxylic acids is 1. The van der Waals surface area contributed by atoms with Crippen molar-refractivity contribution in [1.82, 2.24) is 5.32 Å². The molecule has 0 radical (unpaired) electrons. The molecule has 4 rings (SSSR count). The number of rotatable bonds is 15. The largest absolute Gasteiger partial charge is 0.482 e. The quantitative estimate of drug-likeness (QED) is 0.133. The zero-order valence-corrected chi connectivity index (χ0v) is 27.0. The van der Waals surface area contributed by atoms with Crippen molar-refractivity contribution in [1.29, 1.82) is 0 Å². The third-order valence-electron chi connectivity index (χ3n) is 6.77. The van der Waals surface area contributed by atoms with Gasteiger partial charge in [-0.05, 0) is 60.5 Å². The second-order valence-corrected chi connectivity index (χ2v) is 12.7. The molecule has 1 amide bonds. The van der Waals surface area contributed by atoms with Crippen LogP contribution >= 0.6 is 11.6 Å². The third-order valence-corrected chi connectivity index (χ3v) is 7.68. The first-order valence-corrected chi connectivity index (χ1v) is 16.5. The molecule has 0 atom stereocenters. The summed E-state index contributed by atoms with van der Waals surface area (Å²) in [6.45, 7) is 1.70. The van der Waals surface area contributed by atoms with Gasteiger partial charge in [-0.2, -0.15) is 0 Å². The zero-order chi connectivity index (χ0) is 34.1. The predicted octanol–water partition coefficient (Wildman–Crippen LogP) is 6.27. The highest BCUT2D eigenvalue weighted by Gasteiger charge is 2.17. The Morgan fingerprint density at radius 2 is 1.68 bits per heavy atom. The molecular weight excluding hydrogens is 656 g/mol. The number of carboxylic acid groups (broad SMARTS) is 1. The Labute approximate surface area is 275 Å². The summed E-state index contributed by atoms with van der Waals surface area (Å²) >= 11 is 6.21. The predicted molar refractivity (Wildman–Crippen MR) is 175 cm³/mol. The number of carbonyl (C=O) groups is 2. The number of sulfonamides is 1. The average Bonchev–Trinajstić information content (AvgIpc) is 2.99. The number of amides is 1. The summed E-state index contributed by atoms with van der Waals surface area (Å²) in [5.41, 5.74) is 2.72. The molecule has 14 heteroatoms. The molecular formula is C33H32ClF2N3O7S. The van der Waals surface area contributed by atoms with Gasteiger partial charge >= 0.3 is 5.97 Å². The maximum atomic E-state index is 14.7. The fourth-order valence-corrected chi connectivity index (χ4v) is 5.33. The van der Waals surface area contributed by atoms with Crippen LogP contribution in [0.15, 0.2) is 78.9 Å². The Bertz CT molecular complexity index is 1860. The van der Waals surface area contributed by atoms with E-state index in [9.17, 15) is 26.8 Å². The molecule has 0 bridgehead atoms. The van der Waals surface area contributed by atoms with Crippen molar-refractivity contribution in [2.45, 2.75) is 26.4 Å². The summed E-state index contributed by atoms with van der Waals surface area (Å²) < 4.78 is 66.1. The number of benzene rings is 4. The molecule has 248 valence electrons. The lowest BCUT2D eigenvalue weighted by molar-refractivity contribution is -0.137. The summed E-state index contributed by atoms with van der Waals surface area (Å²) in [5, 5.41) is 11.4. The van der Waals surface area contributed by atoms with Crippen LogP contribution in [0.4, 0.5) is 20.2 Å². The number of nitrogens with one attached hydrogen (secondary N) is 2. The molecule has 0 spiro atoms. The van der Waals surface area contributed by atoms with Crippen molar-refractivity contribution in [3.63, 3.8) is 0 Å². The highest BCUT2D eigenvalue weighted by Crippen LogP contribution is 2.33. The number of halogens is 3. The van der Waals surface area contributed by atoms with E-state index < -0.39 is 33.5 Å². The summed E-state index contributed by atoms with van der Waals surface area (Å²) in [6, 6.07) is 20.2. The fourth-order valence-electron chi connectivity index (χ4n) is 4.54. The van der Waals surface area contributed by atoms with Crippen molar-refractivity contribution < 1.29 is 41.4 Å². The van der Waals surface area contributed by atoms with Crippen LogP contribution in [0.5, 0.6) is 17.2 Å². The van der Waals surface area contributed by atoms with Gasteiger partial charge in [-0.3, -0.25) is 14.3 Å². The standard InChI is InChI=1S/C33H32ClF2N3O7S/c1-21-29(38-47(2,43)44)4-3-5-30(21)39(19-23-8-9-24(35)16-28(23)36)18-22-6-10-25(11-7-22)46-26-12-13-27(34)31(17-26)45-20-32(40)37-15-14-33(41)42/h3-13,16-17,38H,14-15,18-20H2,1-2H3,(H,37,40)(H,41,42). The minimum absolute atomic E-state index is 0.0301. The number of ether oxygens (including phenoxy) is 2. The number of anilines is 2. The van der Waals surface area contributed by atoms with Gasteiger partial charge in [-0.25, -0.2) is 17.2 Å². The summed E-state index contributed by atoms with van der Waals surface area (Å²) in [7, 11) is -3.56. The fraction of sp³-hybridized carbons (Fsp3) is 0.212. The van der Waals surface area contributed by atoms with Crippen LogP contribution < -0.4 is 24.4 Å². The number of hydrogen-bond acceptors (Lipinski definition) is 7. The molecule has 4 aromatic carbocycles. The molecule has 0 fully saturated rings. The van der Waals surface area contributed by atoms with Gasteiger partial charge in [0.15, 0.2) is 6.61 Å². The molecule has 4 aromatic rings. The average molecular weight is 688 g/mol. The van der Waals surface area contributed by atoms with Crippen LogP contribution in [0.3, 0.4) is 0 Å². The summed E-state index contributed by atoms with van der Waals surface area (Å²) in [4.78, 5) is 24.4. The van der Waals surface area contributed by atoms with Gasteiger partial charge in [0.05, 0.1) is 23.4 Å². The van der Waals surface area contributed by atoms with Crippen LogP contribution in [-0.4, -0.2) is 44.8 Å². The maximum absolute atomic E-state index is 14.7. The van der Waals surface area contributed by atoms with E-state index >= 15 is 0 Å². The first-order valence-electron chi connectivity index (χ1n) is 14.2. The van der Waals surface area contributed by atoms with Crippen LogP contribution in [-0.2, 0) is 32.7 Å². The lowest BCUT2D eigenvalue weighted by Crippen LogP contribution is -2.30. The Hall–Kier alpha value is -4.88. The molecule has 0 aliphatic carbocycles. The van der Waals surface area contributed by atoms with Crippen molar-refractivity contribution in [3.8, 4) is 17.2 Å². The Balaban J connectivity index is 1.50. The molecule has 3 N–H and O–H groups in total. The zero-order valence-electron chi connectivity index (χ0n) is 25.4. The van der Waals surface area contributed by atoms with Crippen molar-refractivity contribution in [2.75, 3.05) is 29.0 Å². The minimum Gasteiger partial charge on any atom is -0.482 e. The highest BCUT2D eigenvalue weighted by atomic mass is 35.5. The normalized spacial score (nSPS) is 11.1. The topological polar surface area (TPSA) is 134 Å². The summed E-state index contributed by atoms with van der Waals surface area (Å²) in [6.07, 6.45) is 0.841. The lowest BCUT2D eigenvalue weighted by Gasteiger charge is -2.28. The van der Waals surface area contributed by atoms with Gasteiger partial charge in [0.2, 0.25) is 10.0 Å². The second-order valence-electron chi connectivity index (χ2n) is 10.5. The Kier molecular flexibility index (Phi) is 11.6. The lowest BCUT2D eigenvalue weighted by atomic mass is 10.1. The number of nitrogens with zero attached hydrogens (tertiary/aromatic N) is 1.